The SMILES string of the molecule is COc1ccccc1N(C)c1nc(Cl)c(C=O)s1. The lowest BCUT2D eigenvalue weighted by Crippen LogP contribution is -2.10. The lowest BCUT2D eigenvalue weighted by atomic mass is 10.3. The molecule has 0 unspecified atom stereocenters. The van der Waals surface area contributed by atoms with Gasteiger partial charge in [-0.2, -0.15) is 0 Å². The number of aromatic nitrogens is 1. The van der Waals surface area contributed by atoms with Crippen molar-refractivity contribution in [1.29, 1.82) is 0 Å². The minimum Gasteiger partial charge on any atom is -0.495 e. The van der Waals surface area contributed by atoms with Crippen LogP contribution in [0, 0.1) is 0 Å². The summed E-state index contributed by atoms with van der Waals surface area (Å²) < 4.78 is 5.28. The molecule has 1 heterocycles. The summed E-state index contributed by atoms with van der Waals surface area (Å²) in [6.45, 7) is 0. The Morgan fingerprint density at radius 3 is 2.78 bits per heavy atom. The lowest BCUT2D eigenvalue weighted by molar-refractivity contribution is 0.112. The number of benzene rings is 1. The molecule has 2 aromatic rings. The van der Waals surface area contributed by atoms with E-state index in [1.54, 1.807) is 7.11 Å². The van der Waals surface area contributed by atoms with E-state index in [2.05, 4.69) is 4.98 Å². The number of hydrogen-bond donors (Lipinski definition) is 0. The van der Waals surface area contributed by atoms with Gasteiger partial charge in [-0.1, -0.05) is 35.1 Å². The Morgan fingerprint density at radius 1 is 1.44 bits per heavy atom. The topological polar surface area (TPSA) is 42.4 Å². The summed E-state index contributed by atoms with van der Waals surface area (Å²) in [6, 6.07) is 7.57. The zero-order valence-corrected chi connectivity index (χ0v) is 11.5. The van der Waals surface area contributed by atoms with E-state index in [0.29, 0.717) is 16.3 Å². The fourth-order valence-corrected chi connectivity index (χ4v) is 2.57. The molecule has 0 atom stereocenters. The normalized spacial score (nSPS) is 10.2. The Labute approximate surface area is 114 Å². The molecule has 1 aromatic heterocycles. The van der Waals surface area contributed by atoms with E-state index >= 15 is 0 Å². The molecule has 0 bridgehead atoms. The standard InChI is InChI=1S/C12H11ClN2O2S/c1-15(8-5-3-4-6-9(8)17-2)12-14-11(13)10(7-16)18-12/h3-7H,1-2H3. The molecule has 94 valence electrons. The number of carbonyl (C=O) groups is 1. The highest BCUT2D eigenvalue weighted by atomic mass is 35.5. The van der Waals surface area contributed by atoms with E-state index in [1.165, 1.54) is 11.3 Å². The van der Waals surface area contributed by atoms with Gasteiger partial charge in [-0.05, 0) is 12.1 Å². The van der Waals surface area contributed by atoms with Crippen LogP contribution in [0.25, 0.3) is 0 Å². The van der Waals surface area contributed by atoms with Crippen LogP contribution in [0.5, 0.6) is 5.75 Å². The number of anilines is 2. The monoisotopic (exact) mass is 282 g/mol. The summed E-state index contributed by atoms with van der Waals surface area (Å²) in [5, 5.41) is 0.873. The maximum Gasteiger partial charge on any atom is 0.191 e. The van der Waals surface area contributed by atoms with E-state index in [9.17, 15) is 4.79 Å². The first-order valence-corrected chi connectivity index (χ1v) is 6.35. The van der Waals surface area contributed by atoms with Gasteiger partial charge in [0, 0.05) is 7.05 Å². The molecule has 0 aliphatic rings. The highest BCUT2D eigenvalue weighted by Gasteiger charge is 2.15. The van der Waals surface area contributed by atoms with Crippen LogP contribution in [0.2, 0.25) is 5.15 Å². The molecule has 0 saturated carbocycles. The third-order valence-corrected chi connectivity index (χ3v) is 3.90. The summed E-state index contributed by atoms with van der Waals surface area (Å²) in [5.41, 5.74) is 0.864. The van der Waals surface area contributed by atoms with E-state index in [4.69, 9.17) is 16.3 Å². The van der Waals surface area contributed by atoms with E-state index in [1.807, 2.05) is 36.2 Å². The molecule has 0 spiro atoms. The van der Waals surface area contributed by atoms with Gasteiger partial charge in [0.2, 0.25) is 0 Å². The Morgan fingerprint density at radius 2 is 2.17 bits per heavy atom. The number of methoxy groups -OCH3 is 1. The molecule has 0 radical (unpaired) electrons. The summed E-state index contributed by atoms with van der Waals surface area (Å²) in [7, 11) is 3.46. The second kappa shape index (κ2) is 5.37. The van der Waals surface area contributed by atoms with Crippen molar-refractivity contribution in [2.24, 2.45) is 0 Å². The van der Waals surface area contributed by atoms with Crippen LogP contribution in [-0.4, -0.2) is 25.4 Å². The first-order chi connectivity index (χ1) is 8.67. The van der Waals surface area contributed by atoms with Crippen LogP contribution < -0.4 is 9.64 Å². The Balaban J connectivity index is 2.40. The zero-order valence-electron chi connectivity index (χ0n) is 9.88. The maximum atomic E-state index is 10.8. The van der Waals surface area contributed by atoms with Crippen molar-refractivity contribution >= 4 is 40.0 Å². The van der Waals surface area contributed by atoms with Crippen LogP contribution >= 0.6 is 22.9 Å². The molecule has 0 saturated heterocycles. The summed E-state index contributed by atoms with van der Waals surface area (Å²) in [5.74, 6) is 0.735. The van der Waals surface area contributed by atoms with Gasteiger partial charge in [-0.3, -0.25) is 4.79 Å². The number of aldehydes is 1. The van der Waals surface area contributed by atoms with Gasteiger partial charge >= 0.3 is 0 Å². The minimum absolute atomic E-state index is 0.228. The molecular formula is C12H11ClN2O2S. The predicted octanol–water partition coefficient (Wildman–Crippen LogP) is 3.39. The van der Waals surface area contributed by atoms with Gasteiger partial charge in [0.05, 0.1) is 12.8 Å². The molecule has 0 aliphatic heterocycles. The summed E-state index contributed by atoms with van der Waals surface area (Å²) >= 11 is 7.10. The largest absolute Gasteiger partial charge is 0.495 e. The van der Waals surface area contributed by atoms with Gasteiger partial charge in [0.25, 0.3) is 0 Å². The number of nitrogens with zero attached hydrogens (tertiary/aromatic N) is 2. The molecule has 2 rings (SSSR count). The van der Waals surface area contributed by atoms with E-state index in [-0.39, 0.29) is 5.15 Å². The molecule has 1 aromatic carbocycles. The molecule has 0 fully saturated rings. The molecule has 0 amide bonds. The summed E-state index contributed by atoms with van der Waals surface area (Å²) in [6.07, 6.45) is 0.708. The van der Waals surface area contributed by atoms with Crippen molar-refractivity contribution in [3.8, 4) is 5.75 Å². The van der Waals surface area contributed by atoms with Crippen molar-refractivity contribution in [2.45, 2.75) is 0 Å². The number of ether oxygens (including phenoxy) is 1. The van der Waals surface area contributed by atoms with Crippen LogP contribution in [-0.2, 0) is 0 Å². The van der Waals surface area contributed by atoms with E-state index in [0.717, 1.165) is 11.4 Å². The fraction of sp³-hybridized carbons (Fsp3) is 0.167. The van der Waals surface area contributed by atoms with Gasteiger partial charge in [0.1, 0.15) is 10.6 Å². The quantitative estimate of drug-likeness (QED) is 0.806. The maximum absolute atomic E-state index is 10.8. The minimum atomic E-state index is 0.228. The molecule has 6 heteroatoms. The Kier molecular flexibility index (Phi) is 3.84. The number of hydrogen-bond acceptors (Lipinski definition) is 5. The lowest BCUT2D eigenvalue weighted by Gasteiger charge is -2.18. The van der Waals surface area contributed by atoms with Crippen LogP contribution in [0.1, 0.15) is 9.67 Å². The average Bonchev–Trinajstić information content (AvgIpc) is 2.79. The van der Waals surface area contributed by atoms with Crippen molar-refractivity contribution in [3.63, 3.8) is 0 Å². The number of rotatable bonds is 4. The number of para-hydroxylation sites is 2. The van der Waals surface area contributed by atoms with Crippen LogP contribution in [0.15, 0.2) is 24.3 Å². The zero-order chi connectivity index (χ0) is 13.1. The molecule has 0 aliphatic carbocycles. The van der Waals surface area contributed by atoms with Crippen LogP contribution in [0.4, 0.5) is 10.8 Å². The second-order valence-corrected chi connectivity index (χ2v) is 4.87. The average molecular weight is 283 g/mol. The Hall–Kier alpha value is -1.59. The molecule has 0 N–H and O–H groups in total. The first kappa shape index (κ1) is 12.9. The third-order valence-electron chi connectivity index (χ3n) is 2.44. The highest BCUT2D eigenvalue weighted by molar-refractivity contribution is 7.17. The van der Waals surface area contributed by atoms with Crippen molar-refractivity contribution < 1.29 is 9.53 Å². The van der Waals surface area contributed by atoms with Crippen molar-refractivity contribution in [1.82, 2.24) is 4.98 Å². The first-order valence-electron chi connectivity index (χ1n) is 5.15. The molecular weight excluding hydrogens is 272 g/mol. The Bertz CT molecular complexity index is 571. The fourth-order valence-electron chi connectivity index (χ4n) is 1.53. The highest BCUT2D eigenvalue weighted by Crippen LogP contribution is 2.36. The number of halogens is 1. The predicted molar refractivity (Wildman–Crippen MR) is 73.6 cm³/mol. The van der Waals surface area contributed by atoms with Crippen molar-refractivity contribution in [2.75, 3.05) is 19.1 Å². The van der Waals surface area contributed by atoms with Gasteiger partial charge in [-0.15, -0.1) is 0 Å². The summed E-state index contributed by atoms with van der Waals surface area (Å²) in [4.78, 5) is 17.2. The number of thiazole rings is 1. The van der Waals surface area contributed by atoms with Gasteiger partial charge in [-0.25, -0.2) is 4.98 Å². The second-order valence-electron chi connectivity index (χ2n) is 3.50. The van der Waals surface area contributed by atoms with Crippen LogP contribution in [0.3, 0.4) is 0 Å². The smallest absolute Gasteiger partial charge is 0.191 e. The molecule has 18 heavy (non-hydrogen) atoms. The number of carbonyl (C=O) groups excluding carboxylic acids is 1. The molecule has 4 nitrogen and oxygen atoms in total. The third kappa shape index (κ3) is 2.32. The van der Waals surface area contributed by atoms with Gasteiger partial charge < -0.3 is 9.64 Å². The van der Waals surface area contributed by atoms with Gasteiger partial charge in [0.15, 0.2) is 16.6 Å². The van der Waals surface area contributed by atoms with Crippen molar-refractivity contribution in [3.05, 3.63) is 34.3 Å². The van der Waals surface area contributed by atoms with E-state index < -0.39 is 0 Å².